The van der Waals surface area contributed by atoms with Crippen molar-refractivity contribution in [2.24, 2.45) is 0 Å². The van der Waals surface area contributed by atoms with Crippen molar-refractivity contribution in [2.75, 3.05) is 26.4 Å². The topological polar surface area (TPSA) is 88.4 Å². The van der Waals surface area contributed by atoms with Crippen molar-refractivity contribution in [3.63, 3.8) is 0 Å². The highest BCUT2D eigenvalue weighted by molar-refractivity contribution is 5.09. The maximum absolute atomic E-state index is 9.98. The Morgan fingerprint density at radius 2 is 2.06 bits per heavy atom. The molecule has 2 aliphatic heterocycles. The van der Waals surface area contributed by atoms with Crippen LogP contribution in [0.5, 0.6) is 0 Å². The van der Waals surface area contributed by atoms with E-state index in [0.717, 1.165) is 0 Å². The van der Waals surface area contributed by atoms with Crippen LogP contribution in [0.15, 0.2) is 0 Å². The Hall–Kier alpha value is -0.240. The van der Waals surface area contributed by atoms with Crippen LogP contribution >= 0.6 is 0 Å². The average molecular weight is 234 g/mol. The Labute approximate surface area is 93.7 Å². The Kier molecular flexibility index (Phi) is 3.22. The fraction of sp³-hybridized carbons (Fsp3) is 1.00. The van der Waals surface area contributed by atoms with Gasteiger partial charge in [-0.1, -0.05) is 0 Å². The molecular weight excluding hydrogens is 216 g/mol. The normalized spacial score (nSPS) is 48.0. The van der Waals surface area contributed by atoms with Gasteiger partial charge in [0.15, 0.2) is 0 Å². The summed E-state index contributed by atoms with van der Waals surface area (Å²) in [6.45, 7) is 2.21. The minimum Gasteiger partial charge on any atom is -0.393 e. The molecule has 2 rings (SSSR count). The van der Waals surface area contributed by atoms with Crippen molar-refractivity contribution in [3.05, 3.63) is 0 Å². The second-order valence-electron chi connectivity index (χ2n) is 4.17. The summed E-state index contributed by atoms with van der Waals surface area (Å²) in [5.74, 6) is -1.45. The van der Waals surface area contributed by atoms with E-state index in [1.807, 2.05) is 0 Å². The highest BCUT2D eigenvalue weighted by atomic mass is 16.7. The molecule has 0 radical (unpaired) electrons. The van der Waals surface area contributed by atoms with Gasteiger partial charge in [0.05, 0.1) is 19.8 Å². The van der Waals surface area contributed by atoms with Gasteiger partial charge in [-0.2, -0.15) is 0 Å². The molecule has 4 atom stereocenters. The molecule has 0 aromatic heterocycles. The Bertz CT molecular complexity index is 244. The summed E-state index contributed by atoms with van der Waals surface area (Å²) in [6, 6.07) is 0. The summed E-state index contributed by atoms with van der Waals surface area (Å²) >= 11 is 0. The lowest BCUT2D eigenvalue weighted by molar-refractivity contribution is -0.378. The van der Waals surface area contributed by atoms with Crippen LogP contribution in [-0.4, -0.2) is 65.3 Å². The van der Waals surface area contributed by atoms with Gasteiger partial charge in [-0.25, -0.2) is 0 Å². The SMILES string of the molecule is CCO[C@]1([C@]2(CO)CCO2)OC[C@H](O)[C@H]1O. The van der Waals surface area contributed by atoms with Crippen molar-refractivity contribution in [1.82, 2.24) is 0 Å². The van der Waals surface area contributed by atoms with Crippen LogP contribution in [0.2, 0.25) is 0 Å². The monoisotopic (exact) mass is 234 g/mol. The van der Waals surface area contributed by atoms with Crippen molar-refractivity contribution in [1.29, 1.82) is 0 Å². The van der Waals surface area contributed by atoms with Crippen molar-refractivity contribution < 1.29 is 29.5 Å². The van der Waals surface area contributed by atoms with Gasteiger partial charge in [-0.3, -0.25) is 0 Å². The number of ether oxygens (including phenoxy) is 3. The molecule has 0 amide bonds. The zero-order chi connectivity index (χ0) is 11.8. The van der Waals surface area contributed by atoms with Crippen LogP contribution in [0, 0.1) is 0 Å². The molecule has 2 heterocycles. The maximum Gasteiger partial charge on any atom is 0.229 e. The molecule has 0 aromatic carbocycles. The minimum atomic E-state index is -1.45. The lowest BCUT2D eigenvalue weighted by Gasteiger charge is -2.52. The number of hydrogen-bond donors (Lipinski definition) is 3. The first-order valence-electron chi connectivity index (χ1n) is 5.51. The van der Waals surface area contributed by atoms with Gasteiger partial charge in [-0.15, -0.1) is 0 Å². The molecule has 3 N–H and O–H groups in total. The summed E-state index contributed by atoms with van der Waals surface area (Å²) in [7, 11) is 0. The molecule has 6 heteroatoms. The van der Waals surface area contributed by atoms with Crippen molar-refractivity contribution >= 4 is 0 Å². The van der Waals surface area contributed by atoms with Gasteiger partial charge in [0.1, 0.15) is 17.8 Å². The van der Waals surface area contributed by atoms with E-state index >= 15 is 0 Å². The molecule has 6 nitrogen and oxygen atoms in total. The lowest BCUT2D eigenvalue weighted by Crippen LogP contribution is -2.70. The van der Waals surface area contributed by atoms with E-state index in [-0.39, 0.29) is 13.2 Å². The smallest absolute Gasteiger partial charge is 0.229 e. The molecule has 16 heavy (non-hydrogen) atoms. The molecule has 0 aromatic rings. The second kappa shape index (κ2) is 4.21. The van der Waals surface area contributed by atoms with E-state index in [9.17, 15) is 15.3 Å². The predicted octanol–water partition coefficient (Wildman–Crippen LogP) is -1.38. The third-order valence-electron chi connectivity index (χ3n) is 3.36. The Morgan fingerprint density at radius 3 is 2.38 bits per heavy atom. The predicted molar refractivity (Wildman–Crippen MR) is 52.7 cm³/mol. The molecule has 0 spiro atoms. The quantitative estimate of drug-likeness (QED) is 0.556. The first kappa shape index (κ1) is 12.2. The van der Waals surface area contributed by atoms with E-state index in [2.05, 4.69) is 0 Å². The molecular formula is C10H18O6. The van der Waals surface area contributed by atoms with Crippen LogP contribution in [0.1, 0.15) is 13.3 Å². The van der Waals surface area contributed by atoms with E-state index in [1.54, 1.807) is 6.92 Å². The number of aliphatic hydroxyl groups is 3. The van der Waals surface area contributed by atoms with Crippen LogP contribution in [-0.2, 0) is 14.2 Å². The van der Waals surface area contributed by atoms with Crippen LogP contribution in [0.4, 0.5) is 0 Å². The van der Waals surface area contributed by atoms with E-state index < -0.39 is 23.6 Å². The Morgan fingerprint density at radius 1 is 1.38 bits per heavy atom. The molecule has 0 aliphatic carbocycles. The molecule has 2 aliphatic rings. The minimum absolute atomic E-state index is 0.0216. The highest BCUT2D eigenvalue weighted by Gasteiger charge is 2.66. The summed E-state index contributed by atoms with van der Waals surface area (Å²) in [5, 5.41) is 28.9. The van der Waals surface area contributed by atoms with Crippen LogP contribution in [0.3, 0.4) is 0 Å². The van der Waals surface area contributed by atoms with Gasteiger partial charge in [0, 0.05) is 13.0 Å². The molecule has 94 valence electrons. The zero-order valence-corrected chi connectivity index (χ0v) is 9.26. The van der Waals surface area contributed by atoms with Crippen molar-refractivity contribution in [3.8, 4) is 0 Å². The first-order chi connectivity index (χ1) is 7.62. The number of aliphatic hydroxyl groups excluding tert-OH is 3. The van der Waals surface area contributed by atoms with Gasteiger partial charge in [-0.05, 0) is 6.92 Å². The highest BCUT2D eigenvalue weighted by Crippen LogP contribution is 2.46. The Balaban J connectivity index is 2.28. The zero-order valence-electron chi connectivity index (χ0n) is 9.26. The first-order valence-corrected chi connectivity index (χ1v) is 5.51. The summed E-state index contributed by atoms with van der Waals surface area (Å²) < 4.78 is 16.2. The van der Waals surface area contributed by atoms with E-state index in [0.29, 0.717) is 19.6 Å². The fourth-order valence-corrected chi connectivity index (χ4v) is 2.37. The largest absolute Gasteiger partial charge is 0.393 e. The number of rotatable bonds is 4. The molecule has 0 saturated carbocycles. The van der Waals surface area contributed by atoms with Crippen molar-refractivity contribution in [2.45, 2.75) is 36.9 Å². The van der Waals surface area contributed by atoms with Crippen LogP contribution < -0.4 is 0 Å². The lowest BCUT2D eigenvalue weighted by atomic mass is 9.82. The summed E-state index contributed by atoms with van der Waals surface area (Å²) in [4.78, 5) is 0. The summed E-state index contributed by atoms with van der Waals surface area (Å²) in [6.07, 6.45) is -1.69. The fourth-order valence-electron chi connectivity index (χ4n) is 2.37. The molecule has 0 bridgehead atoms. The summed E-state index contributed by atoms with van der Waals surface area (Å²) in [5.41, 5.74) is -1.06. The van der Waals surface area contributed by atoms with Gasteiger partial charge < -0.3 is 29.5 Å². The van der Waals surface area contributed by atoms with Gasteiger partial charge >= 0.3 is 0 Å². The van der Waals surface area contributed by atoms with Crippen LogP contribution in [0.25, 0.3) is 0 Å². The number of hydrogen-bond acceptors (Lipinski definition) is 6. The maximum atomic E-state index is 9.98. The molecule has 2 saturated heterocycles. The standard InChI is InChI=1S/C10H18O6/c1-2-14-10(8(13)7(12)5-16-10)9(6-11)3-4-15-9/h7-8,11-13H,2-6H2,1H3/t7-,8+,9+,10-/m0/s1. The average Bonchev–Trinajstić information content (AvgIpc) is 2.48. The second-order valence-corrected chi connectivity index (χ2v) is 4.17. The third kappa shape index (κ3) is 1.42. The van der Waals surface area contributed by atoms with E-state index in [4.69, 9.17) is 14.2 Å². The molecule has 0 unspecified atom stereocenters. The third-order valence-corrected chi connectivity index (χ3v) is 3.36. The van der Waals surface area contributed by atoms with E-state index in [1.165, 1.54) is 0 Å². The van der Waals surface area contributed by atoms with Gasteiger partial charge in [0.25, 0.3) is 0 Å². The molecule has 2 fully saturated rings. The van der Waals surface area contributed by atoms with Gasteiger partial charge in [0.2, 0.25) is 5.79 Å².